The van der Waals surface area contributed by atoms with Crippen LogP contribution in [-0.2, 0) is 0 Å². The minimum Gasteiger partial charge on any atom is -0.319 e. The summed E-state index contributed by atoms with van der Waals surface area (Å²) >= 11 is 0. The lowest BCUT2D eigenvalue weighted by Crippen LogP contribution is -2.30. The van der Waals surface area contributed by atoms with Crippen LogP contribution in [0.5, 0.6) is 0 Å². The smallest absolute Gasteiger partial charge is 0.100 e. The highest BCUT2D eigenvalue weighted by Crippen LogP contribution is 2.20. The maximum atomic E-state index is 6.07. The van der Waals surface area contributed by atoms with Gasteiger partial charge in [0, 0.05) is 5.70 Å². The number of imidazole rings is 1. The van der Waals surface area contributed by atoms with Crippen LogP contribution in [0.2, 0.25) is 0 Å². The Morgan fingerprint density at radius 3 is 2.94 bits per heavy atom. The molecule has 3 heteroatoms. The highest BCUT2D eigenvalue weighted by atomic mass is 15.1. The van der Waals surface area contributed by atoms with Crippen LogP contribution in [0.15, 0.2) is 61.0 Å². The summed E-state index contributed by atoms with van der Waals surface area (Å²) in [5, 5.41) is 0. The predicted octanol–water partition coefficient (Wildman–Crippen LogP) is 2.72. The molecule has 1 aliphatic carbocycles. The summed E-state index contributed by atoms with van der Waals surface area (Å²) in [5.41, 5.74) is 8.84. The lowest BCUT2D eigenvalue weighted by atomic mass is 10.0. The van der Waals surface area contributed by atoms with E-state index in [0.717, 1.165) is 16.7 Å². The van der Waals surface area contributed by atoms with E-state index in [4.69, 9.17) is 5.73 Å². The Bertz CT molecular complexity index is 672. The molecule has 0 amide bonds. The van der Waals surface area contributed by atoms with Gasteiger partial charge in [-0.2, -0.15) is 0 Å². The summed E-state index contributed by atoms with van der Waals surface area (Å²) in [7, 11) is 0. The van der Waals surface area contributed by atoms with Crippen LogP contribution in [0.1, 0.15) is 6.92 Å². The van der Waals surface area contributed by atoms with Gasteiger partial charge in [-0.25, -0.2) is 4.98 Å². The van der Waals surface area contributed by atoms with Crippen molar-refractivity contribution in [2.75, 3.05) is 0 Å². The van der Waals surface area contributed by atoms with Gasteiger partial charge in [-0.05, 0) is 31.2 Å². The van der Waals surface area contributed by atoms with Crippen molar-refractivity contribution in [1.82, 2.24) is 9.55 Å². The zero-order chi connectivity index (χ0) is 12.6. The van der Waals surface area contributed by atoms with Crippen molar-refractivity contribution in [3.63, 3.8) is 0 Å². The van der Waals surface area contributed by atoms with Crippen LogP contribution in [0.3, 0.4) is 0 Å². The molecule has 3 nitrogen and oxygen atoms in total. The molecule has 1 heterocycles. The van der Waals surface area contributed by atoms with Gasteiger partial charge in [-0.3, -0.25) is 4.57 Å². The van der Waals surface area contributed by atoms with Gasteiger partial charge >= 0.3 is 0 Å². The Morgan fingerprint density at radius 1 is 1.22 bits per heavy atom. The minimum atomic E-state index is -0.394. The van der Waals surface area contributed by atoms with E-state index in [0.29, 0.717) is 0 Å². The number of nitrogens with two attached hydrogens (primary N) is 1. The molecule has 0 bridgehead atoms. The maximum Gasteiger partial charge on any atom is 0.100 e. The standard InChI is InChI=1S/C15H15N3/c1-15(16)9-4-5-12(8-10-15)18-11-17-13-6-2-3-7-14(13)18/h2-11H,16H2,1H3. The van der Waals surface area contributed by atoms with E-state index in [9.17, 15) is 0 Å². The molecule has 0 radical (unpaired) electrons. The largest absolute Gasteiger partial charge is 0.319 e. The number of rotatable bonds is 1. The number of fused-ring (bicyclic) bond motifs is 1. The third kappa shape index (κ3) is 1.89. The number of benzene rings is 1. The molecule has 3 rings (SSSR count). The average molecular weight is 237 g/mol. The molecule has 0 aliphatic heterocycles. The summed E-state index contributed by atoms with van der Waals surface area (Å²) in [6, 6.07) is 8.08. The Balaban J connectivity index is 2.11. The van der Waals surface area contributed by atoms with E-state index in [2.05, 4.69) is 15.6 Å². The van der Waals surface area contributed by atoms with E-state index in [1.54, 1.807) is 0 Å². The average Bonchev–Trinajstić information content (AvgIpc) is 2.69. The third-order valence-corrected chi connectivity index (χ3v) is 3.07. The van der Waals surface area contributed by atoms with Crippen molar-refractivity contribution in [2.24, 2.45) is 5.73 Å². The first-order valence-corrected chi connectivity index (χ1v) is 5.96. The molecule has 0 saturated carbocycles. The number of allylic oxidation sites excluding steroid dienone is 4. The topological polar surface area (TPSA) is 43.8 Å². The van der Waals surface area contributed by atoms with Crippen molar-refractivity contribution < 1.29 is 0 Å². The van der Waals surface area contributed by atoms with Crippen molar-refractivity contribution >= 4 is 16.7 Å². The van der Waals surface area contributed by atoms with Crippen molar-refractivity contribution in [1.29, 1.82) is 0 Å². The normalized spacial score (nSPS) is 23.1. The molecule has 1 atom stereocenters. The fraction of sp³-hybridized carbons (Fsp3) is 0.133. The van der Waals surface area contributed by atoms with Gasteiger partial charge in [-0.15, -0.1) is 0 Å². The number of aromatic nitrogens is 2. The summed E-state index contributed by atoms with van der Waals surface area (Å²) in [6.07, 6.45) is 11.9. The highest BCUT2D eigenvalue weighted by Gasteiger charge is 2.12. The molecular weight excluding hydrogens is 222 g/mol. The van der Waals surface area contributed by atoms with Crippen molar-refractivity contribution in [3.05, 3.63) is 61.0 Å². The molecule has 0 fully saturated rings. The van der Waals surface area contributed by atoms with Crippen LogP contribution in [0.25, 0.3) is 16.7 Å². The SMILES string of the molecule is CC1(N)C=CC=C(n2cnc3ccccc32)C=C1. The second-order valence-corrected chi connectivity index (χ2v) is 4.75. The molecule has 1 aromatic heterocycles. The summed E-state index contributed by atoms with van der Waals surface area (Å²) < 4.78 is 2.07. The van der Waals surface area contributed by atoms with Gasteiger partial charge in [-0.1, -0.05) is 30.4 Å². The molecular formula is C15H15N3. The summed E-state index contributed by atoms with van der Waals surface area (Å²) in [4.78, 5) is 4.39. The van der Waals surface area contributed by atoms with Crippen LogP contribution >= 0.6 is 0 Å². The molecule has 1 aliphatic rings. The fourth-order valence-corrected chi connectivity index (χ4v) is 2.06. The zero-order valence-corrected chi connectivity index (χ0v) is 10.2. The Morgan fingerprint density at radius 2 is 2.06 bits per heavy atom. The lowest BCUT2D eigenvalue weighted by molar-refractivity contribution is 0.736. The first kappa shape index (κ1) is 11.0. The number of para-hydroxylation sites is 2. The third-order valence-electron chi connectivity index (χ3n) is 3.07. The minimum absolute atomic E-state index is 0.394. The second kappa shape index (κ2) is 3.96. The van der Waals surface area contributed by atoms with E-state index in [1.165, 1.54) is 0 Å². The van der Waals surface area contributed by atoms with E-state index in [1.807, 2.05) is 61.8 Å². The monoisotopic (exact) mass is 237 g/mol. The summed E-state index contributed by atoms with van der Waals surface area (Å²) in [5.74, 6) is 0. The molecule has 2 N–H and O–H groups in total. The molecule has 90 valence electrons. The van der Waals surface area contributed by atoms with E-state index >= 15 is 0 Å². The van der Waals surface area contributed by atoms with Gasteiger partial charge < -0.3 is 5.73 Å². The second-order valence-electron chi connectivity index (χ2n) is 4.75. The fourth-order valence-electron chi connectivity index (χ4n) is 2.06. The lowest BCUT2D eigenvalue weighted by Gasteiger charge is -2.13. The number of hydrogen-bond donors (Lipinski definition) is 1. The number of nitrogens with zero attached hydrogens (tertiary/aromatic N) is 2. The van der Waals surface area contributed by atoms with Crippen LogP contribution in [-0.4, -0.2) is 15.1 Å². The van der Waals surface area contributed by atoms with E-state index < -0.39 is 5.54 Å². The molecule has 1 unspecified atom stereocenters. The first-order valence-electron chi connectivity index (χ1n) is 5.96. The molecule has 0 saturated heterocycles. The van der Waals surface area contributed by atoms with Crippen LogP contribution < -0.4 is 5.73 Å². The zero-order valence-electron chi connectivity index (χ0n) is 10.2. The van der Waals surface area contributed by atoms with E-state index in [-0.39, 0.29) is 0 Å². The Hall–Kier alpha value is -2.13. The van der Waals surface area contributed by atoms with Gasteiger partial charge in [0.25, 0.3) is 0 Å². The number of hydrogen-bond acceptors (Lipinski definition) is 2. The van der Waals surface area contributed by atoms with Gasteiger partial charge in [0.2, 0.25) is 0 Å². The Labute approximate surface area is 106 Å². The van der Waals surface area contributed by atoms with Gasteiger partial charge in [0.05, 0.1) is 16.6 Å². The highest BCUT2D eigenvalue weighted by molar-refractivity contribution is 5.81. The van der Waals surface area contributed by atoms with Crippen LogP contribution in [0, 0.1) is 0 Å². The molecule has 18 heavy (non-hydrogen) atoms. The van der Waals surface area contributed by atoms with Crippen molar-refractivity contribution in [2.45, 2.75) is 12.5 Å². The quantitative estimate of drug-likeness (QED) is 0.828. The molecule has 2 aromatic rings. The summed E-state index contributed by atoms with van der Waals surface area (Å²) in [6.45, 7) is 1.97. The molecule has 1 aromatic carbocycles. The van der Waals surface area contributed by atoms with Crippen molar-refractivity contribution in [3.8, 4) is 0 Å². The van der Waals surface area contributed by atoms with Gasteiger partial charge in [0.15, 0.2) is 0 Å². The predicted molar refractivity (Wildman–Crippen MR) is 74.9 cm³/mol. The maximum absolute atomic E-state index is 6.07. The van der Waals surface area contributed by atoms with Crippen LogP contribution in [0.4, 0.5) is 0 Å². The van der Waals surface area contributed by atoms with Gasteiger partial charge in [0.1, 0.15) is 6.33 Å². The first-order chi connectivity index (χ1) is 8.66. The Kier molecular flexibility index (Phi) is 2.42. The molecule has 0 spiro atoms.